The number of aromatic nitrogens is 3. The van der Waals surface area contributed by atoms with Crippen LogP contribution in [0, 0.1) is 3.57 Å². The Kier molecular flexibility index (Phi) is 1.45. The standard InChI is InChI=1S/C6H5IN4/c7-4-1-2-5-6(3-4)11(8)10-9-5/h1-3H,8H2. The summed E-state index contributed by atoms with van der Waals surface area (Å²) in [5, 5.41) is 7.52. The van der Waals surface area contributed by atoms with Gasteiger partial charge in [-0.25, -0.2) is 0 Å². The zero-order chi connectivity index (χ0) is 7.84. The van der Waals surface area contributed by atoms with Gasteiger partial charge in [0.1, 0.15) is 11.0 Å². The molecule has 0 aliphatic carbocycles. The smallest absolute Gasteiger partial charge is 0.115 e. The predicted octanol–water partition coefficient (Wildman–Crippen LogP) is 0.750. The first-order valence-corrected chi connectivity index (χ1v) is 4.11. The Bertz CT molecular complexity index is 394. The van der Waals surface area contributed by atoms with Crippen LogP contribution in [0.1, 0.15) is 0 Å². The van der Waals surface area contributed by atoms with Crippen molar-refractivity contribution in [3.05, 3.63) is 21.8 Å². The summed E-state index contributed by atoms with van der Waals surface area (Å²) in [4.78, 5) is 1.28. The van der Waals surface area contributed by atoms with Crippen molar-refractivity contribution in [3.63, 3.8) is 0 Å². The van der Waals surface area contributed by atoms with Crippen molar-refractivity contribution in [2.24, 2.45) is 0 Å². The number of rotatable bonds is 0. The fourth-order valence-electron chi connectivity index (χ4n) is 0.909. The first-order chi connectivity index (χ1) is 5.27. The van der Waals surface area contributed by atoms with Crippen molar-refractivity contribution >= 4 is 33.6 Å². The van der Waals surface area contributed by atoms with Gasteiger partial charge in [0, 0.05) is 3.57 Å². The van der Waals surface area contributed by atoms with Crippen molar-refractivity contribution in [1.29, 1.82) is 0 Å². The molecule has 0 saturated heterocycles. The number of nitrogens with two attached hydrogens (primary N) is 1. The molecule has 0 unspecified atom stereocenters. The van der Waals surface area contributed by atoms with Crippen molar-refractivity contribution < 1.29 is 0 Å². The Morgan fingerprint density at radius 3 is 3.09 bits per heavy atom. The summed E-state index contributed by atoms with van der Waals surface area (Å²) in [6.45, 7) is 0. The lowest BCUT2D eigenvalue weighted by Crippen LogP contribution is -2.09. The summed E-state index contributed by atoms with van der Waals surface area (Å²) in [7, 11) is 0. The van der Waals surface area contributed by atoms with E-state index in [2.05, 4.69) is 32.9 Å². The van der Waals surface area contributed by atoms with E-state index in [-0.39, 0.29) is 0 Å². The highest BCUT2D eigenvalue weighted by Crippen LogP contribution is 2.12. The third-order valence-electron chi connectivity index (χ3n) is 1.43. The van der Waals surface area contributed by atoms with Gasteiger partial charge in [-0.2, -0.15) is 4.79 Å². The molecule has 0 fully saturated rings. The first-order valence-electron chi connectivity index (χ1n) is 3.03. The van der Waals surface area contributed by atoms with E-state index in [1.54, 1.807) is 0 Å². The van der Waals surface area contributed by atoms with Crippen molar-refractivity contribution in [1.82, 2.24) is 15.1 Å². The van der Waals surface area contributed by atoms with Gasteiger partial charge in [0.2, 0.25) is 0 Å². The number of benzene rings is 1. The maximum atomic E-state index is 5.48. The average Bonchev–Trinajstić information content (AvgIpc) is 2.33. The Morgan fingerprint density at radius 2 is 2.27 bits per heavy atom. The monoisotopic (exact) mass is 260 g/mol. The van der Waals surface area contributed by atoms with Crippen molar-refractivity contribution in [2.45, 2.75) is 0 Å². The molecule has 1 aromatic carbocycles. The maximum Gasteiger partial charge on any atom is 0.115 e. The quantitative estimate of drug-likeness (QED) is 0.561. The van der Waals surface area contributed by atoms with Crippen LogP contribution in [0.3, 0.4) is 0 Å². The molecule has 2 N–H and O–H groups in total. The van der Waals surface area contributed by atoms with E-state index in [1.165, 1.54) is 4.79 Å². The number of fused-ring (bicyclic) bond motifs is 1. The average molecular weight is 260 g/mol. The SMILES string of the molecule is Nn1nnc2ccc(I)cc21. The highest BCUT2D eigenvalue weighted by Gasteiger charge is 2.00. The highest BCUT2D eigenvalue weighted by atomic mass is 127. The van der Waals surface area contributed by atoms with Gasteiger partial charge in [-0.3, -0.25) is 0 Å². The third kappa shape index (κ3) is 1.05. The maximum absolute atomic E-state index is 5.48. The molecule has 56 valence electrons. The Hall–Kier alpha value is -0.850. The molecule has 4 nitrogen and oxygen atoms in total. The molecule has 0 atom stereocenters. The van der Waals surface area contributed by atoms with Crippen molar-refractivity contribution in [3.8, 4) is 0 Å². The summed E-state index contributed by atoms with van der Waals surface area (Å²) < 4.78 is 1.13. The van der Waals surface area contributed by atoms with Gasteiger partial charge in [0.25, 0.3) is 0 Å². The van der Waals surface area contributed by atoms with E-state index in [9.17, 15) is 0 Å². The number of hydrogen-bond acceptors (Lipinski definition) is 3. The molecule has 0 radical (unpaired) electrons. The molecule has 1 heterocycles. The van der Waals surface area contributed by atoms with E-state index in [1.807, 2.05) is 18.2 Å². The van der Waals surface area contributed by atoms with Gasteiger partial charge < -0.3 is 5.84 Å². The Labute approximate surface area is 76.5 Å². The molecule has 0 bridgehead atoms. The molecule has 2 rings (SSSR count). The van der Waals surface area contributed by atoms with Gasteiger partial charge in [-0.05, 0) is 46.0 Å². The minimum Gasteiger partial charge on any atom is -0.321 e. The van der Waals surface area contributed by atoms with Gasteiger partial charge >= 0.3 is 0 Å². The van der Waals surface area contributed by atoms with Crippen LogP contribution in [-0.4, -0.2) is 15.1 Å². The van der Waals surface area contributed by atoms with Gasteiger partial charge in [0.15, 0.2) is 0 Å². The van der Waals surface area contributed by atoms with Crippen LogP contribution in [0.5, 0.6) is 0 Å². The summed E-state index contributed by atoms with van der Waals surface area (Å²) >= 11 is 2.22. The highest BCUT2D eigenvalue weighted by molar-refractivity contribution is 14.1. The number of hydrogen-bond donors (Lipinski definition) is 1. The predicted molar refractivity (Wildman–Crippen MR) is 50.4 cm³/mol. The topological polar surface area (TPSA) is 56.7 Å². The number of nitrogens with zero attached hydrogens (tertiary/aromatic N) is 3. The second kappa shape index (κ2) is 2.33. The number of halogens is 1. The zero-order valence-corrected chi connectivity index (χ0v) is 7.69. The summed E-state index contributed by atoms with van der Waals surface area (Å²) in [5.74, 6) is 5.48. The van der Waals surface area contributed by atoms with Crippen LogP contribution in [-0.2, 0) is 0 Å². The molecule has 0 aliphatic rings. The van der Waals surface area contributed by atoms with E-state index < -0.39 is 0 Å². The van der Waals surface area contributed by atoms with Crippen LogP contribution in [0.2, 0.25) is 0 Å². The first kappa shape index (κ1) is 6.84. The summed E-state index contributed by atoms with van der Waals surface area (Å²) in [6, 6.07) is 5.81. The summed E-state index contributed by atoms with van der Waals surface area (Å²) in [6.07, 6.45) is 0. The minimum absolute atomic E-state index is 0.827. The fraction of sp³-hybridized carbons (Fsp3) is 0. The summed E-state index contributed by atoms with van der Waals surface area (Å²) in [5.41, 5.74) is 1.69. The molecule has 11 heavy (non-hydrogen) atoms. The lowest BCUT2D eigenvalue weighted by atomic mass is 10.3. The van der Waals surface area contributed by atoms with E-state index >= 15 is 0 Å². The van der Waals surface area contributed by atoms with Crippen LogP contribution in [0.15, 0.2) is 18.2 Å². The third-order valence-corrected chi connectivity index (χ3v) is 2.10. The molecule has 5 heteroatoms. The van der Waals surface area contributed by atoms with Crippen molar-refractivity contribution in [2.75, 3.05) is 5.84 Å². The molecule has 0 aliphatic heterocycles. The van der Waals surface area contributed by atoms with Crippen LogP contribution in [0.4, 0.5) is 0 Å². The van der Waals surface area contributed by atoms with E-state index in [0.717, 1.165) is 14.6 Å². The fourth-order valence-corrected chi connectivity index (χ4v) is 1.38. The molecule has 1 aromatic heterocycles. The van der Waals surface area contributed by atoms with Crippen LogP contribution < -0.4 is 5.84 Å². The molecule has 0 amide bonds. The van der Waals surface area contributed by atoms with Crippen LogP contribution >= 0.6 is 22.6 Å². The normalized spacial score (nSPS) is 10.6. The molecule has 0 saturated carbocycles. The Balaban J connectivity index is 2.87. The molecule has 0 spiro atoms. The second-order valence-corrected chi connectivity index (χ2v) is 3.41. The van der Waals surface area contributed by atoms with Gasteiger partial charge in [0.05, 0.1) is 0 Å². The van der Waals surface area contributed by atoms with E-state index in [0.29, 0.717) is 0 Å². The zero-order valence-electron chi connectivity index (χ0n) is 5.53. The largest absolute Gasteiger partial charge is 0.321 e. The molecular weight excluding hydrogens is 255 g/mol. The Morgan fingerprint density at radius 1 is 1.45 bits per heavy atom. The molecule has 2 aromatic rings. The van der Waals surface area contributed by atoms with Crippen LogP contribution in [0.25, 0.3) is 11.0 Å². The second-order valence-electron chi connectivity index (χ2n) is 2.17. The molecular formula is C6H5IN4. The van der Waals surface area contributed by atoms with Gasteiger partial charge in [-0.1, -0.05) is 0 Å². The lowest BCUT2D eigenvalue weighted by Gasteiger charge is -1.91. The van der Waals surface area contributed by atoms with E-state index in [4.69, 9.17) is 5.84 Å². The minimum atomic E-state index is 0.827. The van der Waals surface area contributed by atoms with Gasteiger partial charge in [-0.15, -0.1) is 5.10 Å². The number of nitrogen functional groups attached to an aromatic ring is 1. The lowest BCUT2D eigenvalue weighted by molar-refractivity contribution is 0.787.